The van der Waals surface area contributed by atoms with Gasteiger partial charge in [-0.2, -0.15) is 5.10 Å². The first-order chi connectivity index (χ1) is 14.7. The molecule has 1 fully saturated rings. The van der Waals surface area contributed by atoms with Crippen LogP contribution in [-0.4, -0.2) is 41.5 Å². The van der Waals surface area contributed by atoms with Crippen molar-refractivity contribution in [3.05, 3.63) is 71.2 Å². The Morgan fingerprint density at radius 2 is 1.97 bits per heavy atom. The number of hydrogen-bond acceptors (Lipinski definition) is 5. The van der Waals surface area contributed by atoms with Crippen molar-refractivity contribution in [3.63, 3.8) is 0 Å². The molecule has 1 aromatic carbocycles. The molecule has 3 aromatic heterocycles. The number of carbonyl (C=O) groups excluding carboxylic acids is 1. The molecule has 0 saturated heterocycles. The average Bonchev–Trinajstić information content (AvgIpc) is 3.46. The van der Waals surface area contributed by atoms with E-state index in [9.17, 15) is 9.59 Å². The lowest BCUT2D eigenvalue weighted by Crippen LogP contribution is -2.39. The highest BCUT2D eigenvalue weighted by Gasteiger charge is 2.26. The van der Waals surface area contributed by atoms with Gasteiger partial charge in [0.15, 0.2) is 5.82 Å². The van der Waals surface area contributed by atoms with Gasteiger partial charge >= 0.3 is 0 Å². The third-order valence-corrected chi connectivity index (χ3v) is 5.68. The summed E-state index contributed by atoms with van der Waals surface area (Å²) in [4.78, 5) is 32.2. The fraction of sp³-hybridized carbons (Fsp3) is 0.286. The molecular formula is C21H21N7O2. The zero-order valence-electron chi connectivity index (χ0n) is 16.2. The van der Waals surface area contributed by atoms with E-state index in [4.69, 9.17) is 0 Å². The van der Waals surface area contributed by atoms with Gasteiger partial charge in [0.2, 0.25) is 0 Å². The SMILES string of the molecule is O=C(NC1CCC(n2nc(-n3cncn3)ccc2=O)CC1)c1cccc2[nH]ccc12. The quantitative estimate of drug-likeness (QED) is 0.543. The number of rotatable bonds is 4. The van der Waals surface area contributed by atoms with Crippen LogP contribution in [0.4, 0.5) is 0 Å². The van der Waals surface area contributed by atoms with Gasteiger partial charge in [-0.05, 0) is 49.9 Å². The van der Waals surface area contributed by atoms with Crippen LogP contribution in [0, 0.1) is 0 Å². The van der Waals surface area contributed by atoms with Gasteiger partial charge < -0.3 is 10.3 Å². The van der Waals surface area contributed by atoms with Gasteiger partial charge in [-0.15, -0.1) is 5.10 Å². The fourth-order valence-electron chi connectivity index (χ4n) is 4.14. The number of hydrogen-bond donors (Lipinski definition) is 2. The van der Waals surface area contributed by atoms with Crippen LogP contribution in [0.15, 0.2) is 60.0 Å². The molecular weight excluding hydrogens is 382 g/mol. The van der Waals surface area contributed by atoms with Crippen molar-refractivity contribution in [2.24, 2.45) is 0 Å². The molecule has 9 heteroatoms. The summed E-state index contributed by atoms with van der Waals surface area (Å²) in [6.45, 7) is 0. The van der Waals surface area contributed by atoms with E-state index in [0.29, 0.717) is 11.4 Å². The number of nitrogens with zero attached hydrogens (tertiary/aromatic N) is 5. The summed E-state index contributed by atoms with van der Waals surface area (Å²) in [7, 11) is 0. The zero-order chi connectivity index (χ0) is 20.5. The summed E-state index contributed by atoms with van der Waals surface area (Å²) in [6.07, 6.45) is 7.95. The second kappa shape index (κ2) is 7.58. The van der Waals surface area contributed by atoms with Crippen molar-refractivity contribution in [3.8, 4) is 5.82 Å². The number of aromatic amines is 1. The third kappa shape index (κ3) is 3.38. The molecule has 30 heavy (non-hydrogen) atoms. The highest BCUT2D eigenvalue weighted by molar-refractivity contribution is 6.06. The maximum absolute atomic E-state index is 12.8. The van der Waals surface area contributed by atoms with Gasteiger partial charge in [0.05, 0.1) is 6.04 Å². The lowest BCUT2D eigenvalue weighted by atomic mass is 9.91. The van der Waals surface area contributed by atoms with Crippen molar-refractivity contribution in [2.45, 2.75) is 37.8 Å². The highest BCUT2D eigenvalue weighted by Crippen LogP contribution is 2.27. The van der Waals surface area contributed by atoms with E-state index in [1.54, 1.807) is 12.4 Å². The van der Waals surface area contributed by atoms with Crippen molar-refractivity contribution in [1.29, 1.82) is 0 Å². The Bertz CT molecular complexity index is 1230. The van der Waals surface area contributed by atoms with Gasteiger partial charge in [-0.1, -0.05) is 6.07 Å². The largest absolute Gasteiger partial charge is 0.361 e. The highest BCUT2D eigenvalue weighted by atomic mass is 16.1. The van der Waals surface area contributed by atoms with Crippen LogP contribution in [0.5, 0.6) is 0 Å². The molecule has 0 spiro atoms. The minimum atomic E-state index is -0.134. The fourth-order valence-corrected chi connectivity index (χ4v) is 4.14. The van der Waals surface area contributed by atoms with Crippen molar-refractivity contribution in [1.82, 2.24) is 34.8 Å². The number of fused-ring (bicyclic) bond motifs is 1. The Hall–Kier alpha value is -3.75. The molecule has 0 bridgehead atoms. The first-order valence-electron chi connectivity index (χ1n) is 10.0. The molecule has 1 aliphatic carbocycles. The summed E-state index contributed by atoms with van der Waals surface area (Å²) >= 11 is 0. The van der Waals surface area contributed by atoms with Gasteiger partial charge in [-0.3, -0.25) is 9.59 Å². The van der Waals surface area contributed by atoms with Gasteiger partial charge in [0.1, 0.15) is 12.7 Å². The first-order valence-corrected chi connectivity index (χ1v) is 10.0. The molecule has 0 unspecified atom stereocenters. The summed E-state index contributed by atoms with van der Waals surface area (Å²) in [5.41, 5.74) is 1.49. The molecule has 5 rings (SSSR count). The molecule has 0 radical (unpaired) electrons. The number of benzene rings is 1. The van der Waals surface area contributed by atoms with Crippen LogP contribution in [0.3, 0.4) is 0 Å². The number of H-pyrrole nitrogens is 1. The van der Waals surface area contributed by atoms with E-state index >= 15 is 0 Å². The smallest absolute Gasteiger partial charge is 0.267 e. The zero-order valence-corrected chi connectivity index (χ0v) is 16.2. The Morgan fingerprint density at radius 1 is 1.10 bits per heavy atom. The van der Waals surface area contributed by atoms with Crippen molar-refractivity contribution < 1.29 is 4.79 Å². The van der Waals surface area contributed by atoms with E-state index < -0.39 is 0 Å². The Balaban J connectivity index is 1.27. The molecule has 1 saturated carbocycles. The van der Waals surface area contributed by atoms with Gasteiger partial charge in [-0.25, -0.2) is 14.3 Å². The number of nitrogens with one attached hydrogen (secondary N) is 2. The molecule has 9 nitrogen and oxygen atoms in total. The molecule has 152 valence electrons. The Kier molecular flexibility index (Phi) is 4.62. The van der Waals surface area contributed by atoms with E-state index in [1.165, 1.54) is 21.8 Å². The van der Waals surface area contributed by atoms with Crippen LogP contribution >= 0.6 is 0 Å². The lowest BCUT2D eigenvalue weighted by Gasteiger charge is -2.29. The monoisotopic (exact) mass is 403 g/mol. The molecule has 0 aliphatic heterocycles. The van der Waals surface area contributed by atoms with Crippen LogP contribution in [0.2, 0.25) is 0 Å². The van der Waals surface area contributed by atoms with E-state index in [1.807, 2.05) is 30.5 Å². The van der Waals surface area contributed by atoms with Gasteiger partial charge in [0.25, 0.3) is 11.5 Å². The normalized spacial score (nSPS) is 19.1. The Morgan fingerprint density at radius 3 is 2.77 bits per heavy atom. The molecule has 0 atom stereocenters. The average molecular weight is 403 g/mol. The minimum Gasteiger partial charge on any atom is -0.361 e. The summed E-state index contributed by atoms with van der Waals surface area (Å²) in [6, 6.07) is 10.8. The minimum absolute atomic E-state index is 0.00206. The van der Waals surface area contributed by atoms with Crippen LogP contribution < -0.4 is 10.9 Å². The standard InChI is InChI=1S/C21H21N7O2/c29-20-9-8-19(27-13-22-12-24-27)26-28(20)15-6-4-14(5-7-15)25-21(30)17-2-1-3-18-16(17)10-11-23-18/h1-3,8-15,23H,4-7H2,(H,25,30). The van der Waals surface area contributed by atoms with Crippen LogP contribution in [0.25, 0.3) is 16.7 Å². The number of carbonyl (C=O) groups is 1. The van der Waals surface area contributed by atoms with E-state index in [0.717, 1.165) is 36.6 Å². The number of amides is 1. The second-order valence-electron chi connectivity index (χ2n) is 7.54. The predicted octanol–water partition coefficient (Wildman–Crippen LogP) is 2.22. The molecule has 4 aromatic rings. The Labute approximate surface area is 171 Å². The summed E-state index contributed by atoms with van der Waals surface area (Å²) in [5.74, 6) is 0.495. The van der Waals surface area contributed by atoms with Crippen LogP contribution in [0.1, 0.15) is 42.1 Å². The molecule has 2 N–H and O–H groups in total. The van der Waals surface area contributed by atoms with E-state index in [2.05, 4.69) is 25.5 Å². The van der Waals surface area contributed by atoms with E-state index in [-0.39, 0.29) is 23.6 Å². The summed E-state index contributed by atoms with van der Waals surface area (Å²) < 4.78 is 3.07. The predicted molar refractivity (Wildman–Crippen MR) is 110 cm³/mol. The maximum atomic E-state index is 12.8. The van der Waals surface area contributed by atoms with Crippen molar-refractivity contribution >= 4 is 16.8 Å². The van der Waals surface area contributed by atoms with Crippen LogP contribution in [-0.2, 0) is 0 Å². The third-order valence-electron chi connectivity index (χ3n) is 5.68. The van der Waals surface area contributed by atoms with Gasteiger partial charge in [0, 0.05) is 34.8 Å². The maximum Gasteiger partial charge on any atom is 0.267 e. The first kappa shape index (κ1) is 18.3. The number of aromatic nitrogens is 6. The summed E-state index contributed by atoms with van der Waals surface area (Å²) in [5, 5.41) is 12.6. The molecule has 1 aliphatic rings. The van der Waals surface area contributed by atoms with Crippen molar-refractivity contribution in [2.75, 3.05) is 0 Å². The second-order valence-corrected chi connectivity index (χ2v) is 7.54. The molecule has 3 heterocycles. The molecule has 1 amide bonds. The lowest BCUT2D eigenvalue weighted by molar-refractivity contribution is 0.0923. The topological polar surface area (TPSA) is 110 Å².